The van der Waals surface area contributed by atoms with Crippen LogP contribution in [0.2, 0.25) is 0 Å². The molecule has 1 aliphatic rings. The first-order valence-corrected chi connectivity index (χ1v) is 7.94. The molecule has 1 saturated carbocycles. The van der Waals surface area contributed by atoms with Crippen molar-refractivity contribution in [2.75, 3.05) is 34.9 Å². The molecule has 2 rings (SSSR count). The lowest BCUT2D eigenvalue weighted by atomic mass is 9.66. The summed E-state index contributed by atoms with van der Waals surface area (Å²) in [5.41, 5.74) is 0.545. The van der Waals surface area contributed by atoms with Crippen molar-refractivity contribution >= 4 is 5.78 Å². The molecule has 1 unspecified atom stereocenters. The molecule has 122 valence electrons. The molecule has 0 amide bonds. The zero-order chi connectivity index (χ0) is 16.2. The fourth-order valence-corrected chi connectivity index (χ4v) is 3.38. The molecule has 0 aromatic heterocycles. The smallest absolute Gasteiger partial charge is 0.143 e. The maximum Gasteiger partial charge on any atom is 0.143 e. The minimum atomic E-state index is -0.442. The molecule has 1 aromatic rings. The van der Waals surface area contributed by atoms with Crippen LogP contribution in [-0.4, -0.2) is 45.5 Å². The van der Waals surface area contributed by atoms with E-state index in [0.29, 0.717) is 12.2 Å². The van der Waals surface area contributed by atoms with Crippen LogP contribution in [0.15, 0.2) is 18.2 Å². The van der Waals surface area contributed by atoms with Crippen molar-refractivity contribution in [3.63, 3.8) is 0 Å². The quantitative estimate of drug-likeness (QED) is 0.810. The molecule has 1 fully saturated rings. The lowest BCUT2D eigenvalue weighted by Gasteiger charge is -2.38. The van der Waals surface area contributed by atoms with Crippen LogP contribution in [0.1, 0.15) is 37.7 Å². The van der Waals surface area contributed by atoms with Crippen LogP contribution in [0.5, 0.6) is 11.5 Å². The Labute approximate surface area is 133 Å². The van der Waals surface area contributed by atoms with E-state index in [1.807, 2.05) is 32.3 Å². The molecule has 22 heavy (non-hydrogen) atoms. The fourth-order valence-electron chi connectivity index (χ4n) is 3.38. The molecular weight excluding hydrogens is 278 g/mol. The van der Waals surface area contributed by atoms with E-state index in [1.54, 1.807) is 14.2 Å². The molecular formula is C18H27NO3. The predicted octanol–water partition coefficient (Wildman–Crippen LogP) is 3.04. The van der Waals surface area contributed by atoms with Gasteiger partial charge in [0.15, 0.2) is 0 Å². The second-order valence-corrected chi connectivity index (χ2v) is 6.33. The first kappa shape index (κ1) is 16.8. The number of methoxy groups -OCH3 is 2. The minimum Gasteiger partial charge on any atom is -0.497 e. The first-order chi connectivity index (χ1) is 10.5. The molecule has 0 radical (unpaired) electrons. The number of rotatable bonds is 6. The van der Waals surface area contributed by atoms with Crippen molar-refractivity contribution in [3.05, 3.63) is 23.8 Å². The summed E-state index contributed by atoms with van der Waals surface area (Å²) in [5, 5.41) is 0. The van der Waals surface area contributed by atoms with E-state index in [9.17, 15) is 4.79 Å². The largest absolute Gasteiger partial charge is 0.497 e. The highest BCUT2D eigenvalue weighted by atomic mass is 16.5. The number of ketones is 1. The molecule has 1 atom stereocenters. The fraction of sp³-hybridized carbons (Fsp3) is 0.611. The average molecular weight is 305 g/mol. The Morgan fingerprint density at radius 1 is 1.18 bits per heavy atom. The van der Waals surface area contributed by atoms with Gasteiger partial charge in [-0.25, -0.2) is 0 Å². The van der Waals surface area contributed by atoms with Crippen LogP contribution >= 0.6 is 0 Å². The lowest BCUT2D eigenvalue weighted by molar-refractivity contribution is -0.127. The van der Waals surface area contributed by atoms with Gasteiger partial charge in [0, 0.05) is 12.0 Å². The van der Waals surface area contributed by atoms with E-state index in [4.69, 9.17) is 9.47 Å². The number of nitrogens with zero attached hydrogens (tertiary/aromatic N) is 1. The first-order valence-electron chi connectivity index (χ1n) is 7.94. The van der Waals surface area contributed by atoms with Crippen molar-refractivity contribution in [1.29, 1.82) is 0 Å². The van der Waals surface area contributed by atoms with E-state index in [0.717, 1.165) is 49.3 Å². The third-order valence-corrected chi connectivity index (χ3v) is 4.70. The van der Waals surface area contributed by atoms with Gasteiger partial charge < -0.3 is 14.4 Å². The van der Waals surface area contributed by atoms with Gasteiger partial charge in [-0.3, -0.25) is 4.79 Å². The molecule has 1 aromatic carbocycles. The SMILES string of the molecule is COc1ccc(OC)c(C2(CCN(C)C)CCCCC2=O)c1. The Morgan fingerprint density at radius 3 is 2.55 bits per heavy atom. The van der Waals surface area contributed by atoms with Crippen molar-refractivity contribution in [1.82, 2.24) is 4.90 Å². The Bertz CT molecular complexity index is 527. The average Bonchev–Trinajstić information content (AvgIpc) is 2.53. The van der Waals surface area contributed by atoms with Gasteiger partial charge in [0.05, 0.1) is 19.6 Å². The van der Waals surface area contributed by atoms with Crippen molar-refractivity contribution < 1.29 is 14.3 Å². The van der Waals surface area contributed by atoms with E-state index in [2.05, 4.69) is 4.90 Å². The Hall–Kier alpha value is -1.55. The highest BCUT2D eigenvalue weighted by Crippen LogP contribution is 2.44. The molecule has 0 aliphatic heterocycles. The Balaban J connectivity index is 2.50. The number of hydrogen-bond donors (Lipinski definition) is 0. The van der Waals surface area contributed by atoms with Crippen LogP contribution in [0.3, 0.4) is 0 Å². The monoisotopic (exact) mass is 305 g/mol. The maximum atomic E-state index is 12.9. The summed E-state index contributed by atoms with van der Waals surface area (Å²) < 4.78 is 10.9. The summed E-state index contributed by atoms with van der Waals surface area (Å²) in [6.07, 6.45) is 4.45. The van der Waals surface area contributed by atoms with Crippen molar-refractivity contribution in [2.24, 2.45) is 0 Å². The summed E-state index contributed by atoms with van der Waals surface area (Å²) in [6, 6.07) is 5.78. The summed E-state index contributed by atoms with van der Waals surface area (Å²) in [5.74, 6) is 1.90. The van der Waals surface area contributed by atoms with Gasteiger partial charge in [0.1, 0.15) is 17.3 Å². The molecule has 0 bridgehead atoms. The van der Waals surface area contributed by atoms with Gasteiger partial charge in [-0.05, 0) is 58.1 Å². The van der Waals surface area contributed by atoms with Gasteiger partial charge in [0.2, 0.25) is 0 Å². The summed E-state index contributed by atoms with van der Waals surface area (Å²) >= 11 is 0. The number of benzene rings is 1. The Kier molecular flexibility index (Phi) is 5.46. The molecule has 0 heterocycles. The zero-order valence-corrected chi connectivity index (χ0v) is 14.1. The van der Waals surface area contributed by atoms with Crippen LogP contribution in [-0.2, 0) is 10.2 Å². The van der Waals surface area contributed by atoms with Gasteiger partial charge in [-0.1, -0.05) is 6.42 Å². The minimum absolute atomic E-state index is 0.340. The van der Waals surface area contributed by atoms with Crippen LogP contribution in [0.4, 0.5) is 0 Å². The van der Waals surface area contributed by atoms with E-state index < -0.39 is 5.41 Å². The van der Waals surface area contributed by atoms with E-state index >= 15 is 0 Å². The molecule has 1 aliphatic carbocycles. The molecule has 4 nitrogen and oxygen atoms in total. The molecule has 0 saturated heterocycles. The standard InChI is InChI=1S/C18H27NO3/c1-19(2)12-11-18(10-6-5-7-17(18)20)15-13-14(21-3)8-9-16(15)22-4/h8-9,13H,5-7,10-12H2,1-4H3. The molecule has 0 spiro atoms. The Morgan fingerprint density at radius 2 is 1.95 bits per heavy atom. The summed E-state index contributed by atoms with van der Waals surface area (Å²) in [6.45, 7) is 0.881. The highest BCUT2D eigenvalue weighted by molar-refractivity contribution is 5.91. The third kappa shape index (κ3) is 3.27. The number of carbonyl (C=O) groups is 1. The number of carbonyl (C=O) groups excluding carboxylic acids is 1. The van der Waals surface area contributed by atoms with Crippen LogP contribution in [0.25, 0.3) is 0 Å². The number of hydrogen-bond acceptors (Lipinski definition) is 4. The van der Waals surface area contributed by atoms with Gasteiger partial charge in [-0.2, -0.15) is 0 Å². The van der Waals surface area contributed by atoms with Gasteiger partial charge in [0.25, 0.3) is 0 Å². The summed E-state index contributed by atoms with van der Waals surface area (Å²) in [4.78, 5) is 15.0. The van der Waals surface area contributed by atoms with Crippen molar-refractivity contribution in [2.45, 2.75) is 37.5 Å². The number of ether oxygens (including phenoxy) is 2. The highest BCUT2D eigenvalue weighted by Gasteiger charge is 2.43. The molecule has 4 heteroatoms. The molecule has 0 N–H and O–H groups in total. The van der Waals surface area contributed by atoms with E-state index in [-0.39, 0.29) is 0 Å². The van der Waals surface area contributed by atoms with Gasteiger partial charge in [-0.15, -0.1) is 0 Å². The van der Waals surface area contributed by atoms with Crippen LogP contribution in [0, 0.1) is 0 Å². The predicted molar refractivity (Wildman–Crippen MR) is 87.9 cm³/mol. The normalized spacial score (nSPS) is 22.0. The number of Topliss-reactive ketones (excluding diaryl/α,β-unsaturated/α-hetero) is 1. The second-order valence-electron chi connectivity index (χ2n) is 6.33. The topological polar surface area (TPSA) is 38.8 Å². The second kappa shape index (κ2) is 7.14. The lowest BCUT2D eigenvalue weighted by Crippen LogP contribution is -2.41. The van der Waals surface area contributed by atoms with Gasteiger partial charge >= 0.3 is 0 Å². The zero-order valence-electron chi connectivity index (χ0n) is 14.1. The maximum absolute atomic E-state index is 12.9. The van der Waals surface area contributed by atoms with Crippen LogP contribution < -0.4 is 9.47 Å². The third-order valence-electron chi connectivity index (χ3n) is 4.70. The van der Waals surface area contributed by atoms with Crippen molar-refractivity contribution in [3.8, 4) is 11.5 Å². The van der Waals surface area contributed by atoms with E-state index in [1.165, 1.54) is 0 Å². The summed E-state index contributed by atoms with van der Waals surface area (Å²) in [7, 11) is 7.41.